The fourth-order valence-electron chi connectivity index (χ4n) is 4.95. The molecule has 1 aliphatic rings. The van der Waals surface area contributed by atoms with Gasteiger partial charge in [0.05, 0.1) is 13.2 Å². The topological polar surface area (TPSA) is 81.7 Å². The fraction of sp³-hybridized carbons (Fsp3) is 0.344. The summed E-state index contributed by atoms with van der Waals surface area (Å²) in [5, 5.41) is 2.65. The van der Waals surface area contributed by atoms with Gasteiger partial charge in [-0.3, -0.25) is 9.59 Å². The lowest BCUT2D eigenvalue weighted by Gasteiger charge is -2.25. The minimum Gasteiger partial charge on any atom is -0.465 e. The molecule has 0 saturated carbocycles. The molecule has 1 aliphatic carbocycles. The third-order valence-corrected chi connectivity index (χ3v) is 6.99. The molecule has 3 aromatic carbocycles. The number of alkyl carbamates (subject to hydrolysis) is 1. The molecule has 0 aliphatic heterocycles. The van der Waals surface area contributed by atoms with Crippen LogP contribution in [0.15, 0.2) is 72.8 Å². The van der Waals surface area contributed by atoms with Crippen LogP contribution in [0.25, 0.3) is 11.1 Å². The van der Waals surface area contributed by atoms with Crippen molar-refractivity contribution in [1.29, 1.82) is 0 Å². The fourth-order valence-corrected chi connectivity index (χ4v) is 4.95. The smallest absolute Gasteiger partial charge is 0.407 e. The zero-order chi connectivity index (χ0) is 27.3. The lowest BCUT2D eigenvalue weighted by atomic mass is 9.84. The van der Waals surface area contributed by atoms with E-state index < -0.39 is 17.6 Å². The van der Waals surface area contributed by atoms with E-state index in [1.165, 1.54) is 29.4 Å². The van der Waals surface area contributed by atoms with Crippen LogP contribution >= 0.6 is 0 Å². The summed E-state index contributed by atoms with van der Waals surface area (Å²) >= 11 is 0. The zero-order valence-electron chi connectivity index (χ0n) is 22.5. The Kier molecular flexibility index (Phi) is 8.30. The lowest BCUT2D eigenvalue weighted by Crippen LogP contribution is -2.46. The van der Waals surface area contributed by atoms with Crippen molar-refractivity contribution < 1.29 is 23.9 Å². The summed E-state index contributed by atoms with van der Waals surface area (Å²) in [7, 11) is 1.28. The van der Waals surface area contributed by atoms with E-state index in [1.54, 1.807) is 0 Å². The Morgan fingerprint density at radius 3 is 1.95 bits per heavy atom. The molecule has 0 unspecified atom stereocenters. The number of Topliss-reactive ketones (excluding diaryl/α,β-unsaturated/α-hetero) is 1. The van der Waals surface area contributed by atoms with E-state index >= 15 is 0 Å². The summed E-state index contributed by atoms with van der Waals surface area (Å²) in [6.45, 7) is 5.80. The Morgan fingerprint density at radius 2 is 1.39 bits per heavy atom. The Hall–Kier alpha value is -3.93. The van der Waals surface area contributed by atoms with E-state index in [1.807, 2.05) is 69.3 Å². The maximum Gasteiger partial charge on any atom is 0.407 e. The summed E-state index contributed by atoms with van der Waals surface area (Å²) < 4.78 is 10.4. The van der Waals surface area contributed by atoms with Crippen LogP contribution in [0.2, 0.25) is 0 Å². The van der Waals surface area contributed by atoms with Crippen molar-refractivity contribution in [3.63, 3.8) is 0 Å². The first-order chi connectivity index (χ1) is 18.2. The molecule has 0 aromatic heterocycles. The first kappa shape index (κ1) is 27.1. The van der Waals surface area contributed by atoms with Crippen molar-refractivity contribution in [1.82, 2.24) is 5.32 Å². The van der Waals surface area contributed by atoms with Crippen molar-refractivity contribution in [3.8, 4) is 11.1 Å². The molecular weight excluding hydrogens is 478 g/mol. The molecule has 0 saturated heterocycles. The predicted octanol–water partition coefficient (Wildman–Crippen LogP) is 5.86. The largest absolute Gasteiger partial charge is 0.465 e. The molecule has 0 bridgehead atoms. The number of benzene rings is 3. The zero-order valence-corrected chi connectivity index (χ0v) is 22.5. The van der Waals surface area contributed by atoms with E-state index in [4.69, 9.17) is 9.47 Å². The van der Waals surface area contributed by atoms with Crippen LogP contribution in [-0.2, 0) is 31.9 Å². The highest BCUT2D eigenvalue weighted by molar-refractivity contribution is 5.91. The van der Waals surface area contributed by atoms with Crippen molar-refractivity contribution in [2.45, 2.75) is 52.0 Å². The van der Waals surface area contributed by atoms with Crippen molar-refractivity contribution >= 4 is 17.8 Å². The summed E-state index contributed by atoms with van der Waals surface area (Å²) in [4.78, 5) is 37.2. The molecule has 1 amide bonds. The lowest BCUT2D eigenvalue weighted by molar-refractivity contribution is -0.143. The van der Waals surface area contributed by atoms with E-state index in [0.29, 0.717) is 19.4 Å². The normalized spacial score (nSPS) is 13.3. The number of aryl methyl sites for hydroxylation is 1. The number of hydrogen-bond donors (Lipinski definition) is 1. The highest BCUT2D eigenvalue weighted by atomic mass is 16.5. The molecule has 3 aromatic rings. The molecule has 6 nitrogen and oxygen atoms in total. The number of ketones is 1. The molecule has 198 valence electrons. The summed E-state index contributed by atoms with van der Waals surface area (Å²) in [6.07, 6.45) is 0.566. The van der Waals surface area contributed by atoms with Gasteiger partial charge < -0.3 is 14.8 Å². The van der Waals surface area contributed by atoms with E-state index in [2.05, 4.69) is 29.6 Å². The number of fused-ring (bicyclic) bond motifs is 3. The second kappa shape index (κ2) is 11.6. The molecule has 0 spiro atoms. The Morgan fingerprint density at radius 1 is 0.842 bits per heavy atom. The predicted molar refractivity (Wildman–Crippen MR) is 147 cm³/mol. The monoisotopic (exact) mass is 513 g/mol. The summed E-state index contributed by atoms with van der Waals surface area (Å²) in [6, 6.07) is 23.6. The number of nitrogens with one attached hydrogen (secondary N) is 1. The average Bonchev–Trinajstić information content (AvgIpc) is 3.23. The third-order valence-electron chi connectivity index (χ3n) is 6.99. The molecule has 6 heteroatoms. The van der Waals surface area contributed by atoms with Crippen LogP contribution in [0.4, 0.5) is 4.79 Å². The van der Waals surface area contributed by atoms with E-state index in [0.717, 1.165) is 11.1 Å². The molecule has 1 atom stereocenters. The Balaban J connectivity index is 1.32. The molecule has 0 fully saturated rings. The van der Waals surface area contributed by atoms with Crippen LogP contribution in [0.3, 0.4) is 0 Å². The van der Waals surface area contributed by atoms with Crippen molar-refractivity contribution in [2.24, 2.45) is 5.41 Å². The second-order valence-corrected chi connectivity index (χ2v) is 10.7. The van der Waals surface area contributed by atoms with Gasteiger partial charge in [-0.1, -0.05) is 93.6 Å². The van der Waals surface area contributed by atoms with Gasteiger partial charge in [0, 0.05) is 17.8 Å². The number of amides is 1. The third kappa shape index (κ3) is 6.31. The van der Waals surface area contributed by atoms with Gasteiger partial charge in [-0.25, -0.2) is 4.79 Å². The second-order valence-electron chi connectivity index (χ2n) is 10.7. The maximum atomic E-state index is 12.8. The highest BCUT2D eigenvalue weighted by Gasteiger charge is 2.31. The van der Waals surface area contributed by atoms with Gasteiger partial charge in [0.1, 0.15) is 6.61 Å². The minimum absolute atomic E-state index is 0.0491. The summed E-state index contributed by atoms with van der Waals surface area (Å²) in [5.41, 5.74) is 6.11. The number of carbonyl (C=O) groups excluding carboxylic acids is 3. The van der Waals surface area contributed by atoms with Gasteiger partial charge in [0.25, 0.3) is 0 Å². The number of hydrogen-bond acceptors (Lipinski definition) is 5. The standard InChI is InChI=1S/C32H35NO5/c1-32(2,3)30(35)28(33-31(36)37-4)19-22-15-13-21(14-16-22)17-18-29(34)38-20-27-25-11-7-5-9-23(25)24-10-6-8-12-26(24)27/h5-16,27-28H,17-20H2,1-4H3,(H,33,36)/t28-/m0/s1. The number of esters is 1. The SMILES string of the molecule is COC(=O)N[C@@H](Cc1ccc(CCC(=O)OCC2c3ccccc3-c3ccccc32)cc1)C(=O)C(C)(C)C. The molecule has 38 heavy (non-hydrogen) atoms. The van der Waals surface area contributed by atoms with Crippen LogP contribution in [0.1, 0.15) is 55.4 Å². The summed E-state index contributed by atoms with van der Waals surface area (Å²) in [5.74, 6) is -0.246. The Labute approximate surface area is 224 Å². The van der Waals surface area contributed by atoms with Gasteiger partial charge in [-0.15, -0.1) is 0 Å². The number of ether oxygens (including phenoxy) is 2. The number of rotatable bonds is 9. The molecule has 0 heterocycles. The van der Waals surface area contributed by atoms with Gasteiger partial charge in [-0.05, 0) is 46.2 Å². The highest BCUT2D eigenvalue weighted by Crippen LogP contribution is 2.44. The number of carbonyl (C=O) groups is 3. The van der Waals surface area contributed by atoms with Crippen LogP contribution in [0, 0.1) is 5.41 Å². The molecule has 4 rings (SSSR count). The Bertz CT molecular complexity index is 1260. The van der Waals surface area contributed by atoms with Gasteiger partial charge in [0.2, 0.25) is 0 Å². The van der Waals surface area contributed by atoms with Crippen LogP contribution in [-0.4, -0.2) is 37.6 Å². The molecular formula is C32H35NO5. The van der Waals surface area contributed by atoms with Crippen LogP contribution in [0.5, 0.6) is 0 Å². The van der Waals surface area contributed by atoms with Crippen molar-refractivity contribution in [2.75, 3.05) is 13.7 Å². The quantitative estimate of drug-likeness (QED) is 0.363. The first-order valence-electron chi connectivity index (χ1n) is 13.0. The van der Waals surface area contributed by atoms with Gasteiger partial charge in [0.15, 0.2) is 5.78 Å². The van der Waals surface area contributed by atoms with Crippen LogP contribution < -0.4 is 5.32 Å². The van der Waals surface area contributed by atoms with Gasteiger partial charge in [-0.2, -0.15) is 0 Å². The van der Waals surface area contributed by atoms with Crippen molar-refractivity contribution in [3.05, 3.63) is 95.1 Å². The van der Waals surface area contributed by atoms with Gasteiger partial charge >= 0.3 is 12.1 Å². The van der Waals surface area contributed by atoms with E-state index in [-0.39, 0.29) is 24.1 Å². The first-order valence-corrected chi connectivity index (χ1v) is 13.0. The molecule has 0 radical (unpaired) electrons. The average molecular weight is 514 g/mol. The number of methoxy groups -OCH3 is 1. The maximum absolute atomic E-state index is 12.8. The molecule has 1 N–H and O–H groups in total. The van der Waals surface area contributed by atoms with E-state index in [9.17, 15) is 14.4 Å². The minimum atomic E-state index is -0.686.